The molecular weight excluding hydrogens is 332 g/mol. The van der Waals surface area contributed by atoms with Crippen molar-refractivity contribution in [2.45, 2.75) is 45.0 Å². The minimum absolute atomic E-state index is 0.258. The van der Waals surface area contributed by atoms with Crippen molar-refractivity contribution in [3.63, 3.8) is 0 Å². The molecule has 0 aliphatic heterocycles. The van der Waals surface area contributed by atoms with E-state index in [2.05, 4.69) is 0 Å². The Bertz CT molecular complexity index is 756. The second-order valence-corrected chi connectivity index (χ2v) is 6.56. The van der Waals surface area contributed by atoms with Crippen molar-refractivity contribution >= 4 is 5.97 Å². The number of carbonyl (C=O) groups is 1. The van der Waals surface area contributed by atoms with Gasteiger partial charge in [-0.3, -0.25) is 0 Å². The fourth-order valence-corrected chi connectivity index (χ4v) is 3.17. The second kappa shape index (κ2) is 8.23. The van der Waals surface area contributed by atoms with Crippen LogP contribution in [-0.2, 0) is 11.3 Å². The standard InChI is InChI=1S/C21H24O5/c1-14-11-18(25-13-15-7-4-3-5-8-15)20(21(23)24-2)19(12-14)26-17-10-6-9-16(17)22/h3-5,7-8,11-12,16-17,22H,6,9-10,13H2,1-2H3. The number of aryl methyl sites for hydroxylation is 1. The van der Waals surface area contributed by atoms with Crippen LogP contribution in [0.2, 0.25) is 0 Å². The molecule has 0 heterocycles. The molecule has 26 heavy (non-hydrogen) atoms. The Kier molecular flexibility index (Phi) is 5.78. The Morgan fingerprint density at radius 3 is 2.54 bits per heavy atom. The Hall–Kier alpha value is -2.53. The van der Waals surface area contributed by atoms with Crippen LogP contribution in [0.25, 0.3) is 0 Å². The van der Waals surface area contributed by atoms with Gasteiger partial charge in [-0.2, -0.15) is 0 Å². The van der Waals surface area contributed by atoms with Crippen LogP contribution in [0.4, 0.5) is 0 Å². The summed E-state index contributed by atoms with van der Waals surface area (Å²) in [6.45, 7) is 2.24. The first-order chi connectivity index (χ1) is 12.6. The summed E-state index contributed by atoms with van der Waals surface area (Å²) in [6, 6.07) is 13.3. The number of rotatable bonds is 6. The Labute approximate surface area is 153 Å². The molecule has 2 unspecified atom stereocenters. The minimum atomic E-state index is -0.519. The first-order valence-electron chi connectivity index (χ1n) is 8.83. The maximum atomic E-state index is 12.4. The third-order valence-electron chi connectivity index (χ3n) is 4.53. The van der Waals surface area contributed by atoms with Crippen LogP contribution in [0.15, 0.2) is 42.5 Å². The Morgan fingerprint density at radius 2 is 1.88 bits per heavy atom. The van der Waals surface area contributed by atoms with Crippen LogP contribution in [0.5, 0.6) is 11.5 Å². The van der Waals surface area contributed by atoms with Crippen molar-refractivity contribution in [1.82, 2.24) is 0 Å². The van der Waals surface area contributed by atoms with Gasteiger partial charge in [0.2, 0.25) is 0 Å². The molecule has 0 saturated heterocycles. The lowest BCUT2D eigenvalue weighted by molar-refractivity contribution is 0.0516. The van der Waals surface area contributed by atoms with Gasteiger partial charge in [-0.15, -0.1) is 0 Å². The van der Waals surface area contributed by atoms with E-state index in [4.69, 9.17) is 14.2 Å². The van der Waals surface area contributed by atoms with Crippen LogP contribution in [0.3, 0.4) is 0 Å². The average molecular weight is 356 g/mol. The molecule has 2 atom stereocenters. The molecule has 138 valence electrons. The van der Waals surface area contributed by atoms with Crippen LogP contribution in [0.1, 0.15) is 40.7 Å². The van der Waals surface area contributed by atoms with Crippen molar-refractivity contribution in [3.8, 4) is 11.5 Å². The lowest BCUT2D eigenvalue weighted by atomic mass is 10.1. The zero-order valence-corrected chi connectivity index (χ0v) is 15.1. The summed E-state index contributed by atoms with van der Waals surface area (Å²) in [4.78, 5) is 12.4. The SMILES string of the molecule is COC(=O)c1c(OCc2ccccc2)cc(C)cc1OC1CCCC1O. The normalized spacial score (nSPS) is 19.2. The van der Waals surface area contributed by atoms with E-state index in [0.29, 0.717) is 24.5 Å². The molecule has 1 saturated carbocycles. The van der Waals surface area contributed by atoms with E-state index in [1.807, 2.05) is 37.3 Å². The van der Waals surface area contributed by atoms with Gasteiger partial charge in [0.15, 0.2) is 0 Å². The van der Waals surface area contributed by atoms with E-state index in [0.717, 1.165) is 24.0 Å². The lowest BCUT2D eigenvalue weighted by Crippen LogP contribution is -2.26. The summed E-state index contributed by atoms with van der Waals surface area (Å²) in [7, 11) is 1.33. The number of hydrogen-bond acceptors (Lipinski definition) is 5. The number of benzene rings is 2. The zero-order valence-electron chi connectivity index (χ0n) is 15.1. The number of aliphatic hydroxyl groups excluding tert-OH is 1. The quantitative estimate of drug-likeness (QED) is 0.801. The number of hydrogen-bond donors (Lipinski definition) is 1. The highest BCUT2D eigenvalue weighted by Crippen LogP contribution is 2.35. The third-order valence-corrected chi connectivity index (χ3v) is 4.53. The second-order valence-electron chi connectivity index (χ2n) is 6.56. The summed E-state index contributed by atoms with van der Waals surface area (Å²) in [5, 5.41) is 10.1. The van der Waals surface area contributed by atoms with Gasteiger partial charge in [-0.1, -0.05) is 30.3 Å². The molecule has 0 bridgehead atoms. The molecule has 1 fully saturated rings. The molecule has 3 rings (SSSR count). The van der Waals surface area contributed by atoms with Gasteiger partial charge in [0.25, 0.3) is 0 Å². The van der Waals surface area contributed by atoms with Gasteiger partial charge in [0.05, 0.1) is 13.2 Å². The van der Waals surface area contributed by atoms with Crippen LogP contribution in [0, 0.1) is 6.92 Å². The predicted octanol–water partition coefficient (Wildman–Crippen LogP) is 3.65. The molecule has 2 aromatic rings. The zero-order chi connectivity index (χ0) is 18.5. The first kappa shape index (κ1) is 18.3. The summed E-state index contributed by atoms with van der Waals surface area (Å²) < 4.78 is 16.8. The van der Waals surface area contributed by atoms with E-state index in [-0.39, 0.29) is 11.7 Å². The molecule has 0 amide bonds. The van der Waals surface area contributed by atoms with Crippen molar-refractivity contribution in [2.75, 3.05) is 7.11 Å². The van der Waals surface area contributed by atoms with Gasteiger partial charge in [-0.05, 0) is 49.4 Å². The number of aliphatic hydroxyl groups is 1. The first-order valence-corrected chi connectivity index (χ1v) is 8.83. The number of ether oxygens (including phenoxy) is 3. The van der Waals surface area contributed by atoms with Crippen LogP contribution < -0.4 is 9.47 Å². The fourth-order valence-electron chi connectivity index (χ4n) is 3.17. The van der Waals surface area contributed by atoms with Crippen molar-refractivity contribution < 1.29 is 24.1 Å². The van der Waals surface area contributed by atoms with Crippen LogP contribution in [-0.4, -0.2) is 30.4 Å². The van der Waals surface area contributed by atoms with Gasteiger partial charge < -0.3 is 19.3 Å². The largest absolute Gasteiger partial charge is 0.488 e. The summed E-state index contributed by atoms with van der Waals surface area (Å²) in [5.74, 6) is 0.296. The summed E-state index contributed by atoms with van der Waals surface area (Å²) in [6.07, 6.45) is 1.54. The molecule has 0 radical (unpaired) electrons. The molecule has 5 heteroatoms. The molecule has 0 spiro atoms. The van der Waals surface area contributed by atoms with Gasteiger partial charge >= 0.3 is 5.97 Å². The molecule has 2 aromatic carbocycles. The summed E-state index contributed by atoms with van der Waals surface area (Å²) in [5.41, 5.74) is 2.16. The Morgan fingerprint density at radius 1 is 1.15 bits per heavy atom. The monoisotopic (exact) mass is 356 g/mol. The van der Waals surface area contributed by atoms with Gasteiger partial charge in [0.1, 0.15) is 29.8 Å². The maximum Gasteiger partial charge on any atom is 0.345 e. The lowest BCUT2D eigenvalue weighted by Gasteiger charge is -2.21. The highest BCUT2D eigenvalue weighted by Gasteiger charge is 2.30. The van der Waals surface area contributed by atoms with Gasteiger partial charge in [-0.25, -0.2) is 4.79 Å². The molecule has 1 N–H and O–H groups in total. The average Bonchev–Trinajstić information content (AvgIpc) is 3.04. The predicted molar refractivity (Wildman–Crippen MR) is 97.6 cm³/mol. The van der Waals surface area contributed by atoms with Gasteiger partial charge in [0, 0.05) is 0 Å². The molecule has 1 aliphatic carbocycles. The highest BCUT2D eigenvalue weighted by molar-refractivity contribution is 5.95. The number of methoxy groups -OCH3 is 1. The molecule has 5 nitrogen and oxygen atoms in total. The maximum absolute atomic E-state index is 12.4. The summed E-state index contributed by atoms with van der Waals surface area (Å²) >= 11 is 0. The minimum Gasteiger partial charge on any atom is -0.488 e. The third kappa shape index (κ3) is 4.17. The number of carbonyl (C=O) groups excluding carboxylic acids is 1. The van der Waals surface area contributed by atoms with E-state index < -0.39 is 12.1 Å². The molecule has 1 aliphatic rings. The van der Waals surface area contributed by atoms with Crippen LogP contribution >= 0.6 is 0 Å². The topological polar surface area (TPSA) is 65.0 Å². The molecule has 0 aromatic heterocycles. The van der Waals surface area contributed by atoms with E-state index in [9.17, 15) is 9.90 Å². The van der Waals surface area contributed by atoms with E-state index in [1.54, 1.807) is 12.1 Å². The van der Waals surface area contributed by atoms with Crippen molar-refractivity contribution in [2.24, 2.45) is 0 Å². The van der Waals surface area contributed by atoms with Crippen molar-refractivity contribution in [1.29, 1.82) is 0 Å². The van der Waals surface area contributed by atoms with E-state index in [1.165, 1.54) is 7.11 Å². The van der Waals surface area contributed by atoms with Crippen molar-refractivity contribution in [3.05, 3.63) is 59.2 Å². The Balaban J connectivity index is 1.90. The van der Waals surface area contributed by atoms with E-state index >= 15 is 0 Å². The fraction of sp³-hybridized carbons (Fsp3) is 0.381. The smallest absolute Gasteiger partial charge is 0.345 e. The molecular formula is C21H24O5. The highest BCUT2D eigenvalue weighted by atomic mass is 16.5. The number of esters is 1.